The zero-order valence-electron chi connectivity index (χ0n) is 12.3. The summed E-state index contributed by atoms with van der Waals surface area (Å²) in [5.74, 6) is -0.644. The van der Waals surface area contributed by atoms with Crippen LogP contribution in [0.25, 0.3) is 0 Å². The molecule has 1 atom stereocenters. The molecule has 5 heteroatoms. The summed E-state index contributed by atoms with van der Waals surface area (Å²) < 4.78 is 17.9. The predicted octanol–water partition coefficient (Wildman–Crippen LogP) is 2.44. The van der Waals surface area contributed by atoms with E-state index in [0.29, 0.717) is 17.7 Å². The summed E-state index contributed by atoms with van der Waals surface area (Å²) in [5.41, 5.74) is 1.95. The normalized spacial score (nSPS) is 12.0. The summed E-state index contributed by atoms with van der Waals surface area (Å²) in [4.78, 5) is 12.1. The van der Waals surface area contributed by atoms with Crippen LogP contribution < -0.4 is 5.32 Å². The molecule has 2 aromatic rings. The van der Waals surface area contributed by atoms with E-state index in [0.717, 1.165) is 5.56 Å². The van der Waals surface area contributed by atoms with Crippen molar-refractivity contribution in [2.45, 2.75) is 12.7 Å². The fraction of sp³-hybridized carbons (Fsp3) is 0.235. The summed E-state index contributed by atoms with van der Waals surface area (Å²) in [6.45, 7) is 0.484. The number of carbonyl (C=O) groups is 1. The molecule has 0 aliphatic rings. The van der Waals surface area contributed by atoms with Crippen LogP contribution >= 0.6 is 0 Å². The van der Waals surface area contributed by atoms with Crippen molar-refractivity contribution in [2.24, 2.45) is 0 Å². The number of hydrogen-bond donors (Lipinski definition) is 2. The van der Waals surface area contributed by atoms with Crippen molar-refractivity contribution >= 4 is 5.91 Å². The standard InChI is InChI=1S/C17H18FNO3/c1-22-11-12-3-2-4-14(9-12)17(21)19-10-16(20)13-5-7-15(18)8-6-13/h2-9,16,20H,10-11H2,1H3,(H,19,21). The van der Waals surface area contributed by atoms with Gasteiger partial charge < -0.3 is 15.2 Å². The van der Waals surface area contributed by atoms with E-state index in [2.05, 4.69) is 5.32 Å². The van der Waals surface area contributed by atoms with Crippen molar-refractivity contribution in [3.63, 3.8) is 0 Å². The zero-order chi connectivity index (χ0) is 15.9. The van der Waals surface area contributed by atoms with E-state index < -0.39 is 6.10 Å². The summed E-state index contributed by atoms with van der Waals surface area (Å²) in [7, 11) is 1.59. The highest BCUT2D eigenvalue weighted by Crippen LogP contribution is 2.13. The third-order valence-electron chi connectivity index (χ3n) is 3.21. The van der Waals surface area contributed by atoms with Gasteiger partial charge in [0, 0.05) is 19.2 Å². The summed E-state index contributed by atoms with van der Waals surface area (Å²) in [6.07, 6.45) is -0.883. The Labute approximate surface area is 128 Å². The van der Waals surface area contributed by atoms with E-state index in [1.807, 2.05) is 6.07 Å². The summed E-state index contributed by atoms with van der Waals surface area (Å²) >= 11 is 0. The van der Waals surface area contributed by atoms with E-state index >= 15 is 0 Å². The third kappa shape index (κ3) is 4.38. The molecule has 116 valence electrons. The highest BCUT2D eigenvalue weighted by atomic mass is 19.1. The van der Waals surface area contributed by atoms with Gasteiger partial charge in [0.2, 0.25) is 0 Å². The van der Waals surface area contributed by atoms with Crippen LogP contribution in [0.4, 0.5) is 4.39 Å². The maximum absolute atomic E-state index is 12.8. The Hall–Kier alpha value is -2.24. The lowest BCUT2D eigenvalue weighted by Gasteiger charge is -2.12. The van der Waals surface area contributed by atoms with E-state index in [-0.39, 0.29) is 18.3 Å². The van der Waals surface area contributed by atoms with Gasteiger partial charge in [0.05, 0.1) is 12.7 Å². The number of methoxy groups -OCH3 is 1. The fourth-order valence-electron chi connectivity index (χ4n) is 2.06. The Balaban J connectivity index is 1.94. The summed E-state index contributed by atoms with van der Waals surface area (Å²) in [5, 5.41) is 12.6. The molecule has 1 amide bonds. The molecule has 0 fully saturated rings. The van der Waals surface area contributed by atoms with Gasteiger partial charge in [-0.2, -0.15) is 0 Å². The van der Waals surface area contributed by atoms with Gasteiger partial charge in [-0.1, -0.05) is 24.3 Å². The number of ether oxygens (including phenoxy) is 1. The molecule has 2 aromatic carbocycles. The number of benzene rings is 2. The lowest BCUT2D eigenvalue weighted by atomic mass is 10.1. The van der Waals surface area contributed by atoms with E-state index in [1.165, 1.54) is 24.3 Å². The lowest BCUT2D eigenvalue weighted by Crippen LogP contribution is -2.28. The molecule has 0 aliphatic heterocycles. The first-order valence-corrected chi connectivity index (χ1v) is 6.89. The molecule has 0 saturated carbocycles. The van der Waals surface area contributed by atoms with Gasteiger partial charge in [0.25, 0.3) is 5.91 Å². The van der Waals surface area contributed by atoms with Gasteiger partial charge in [-0.15, -0.1) is 0 Å². The first-order valence-electron chi connectivity index (χ1n) is 6.89. The van der Waals surface area contributed by atoms with Crippen LogP contribution in [-0.2, 0) is 11.3 Å². The average molecular weight is 303 g/mol. The van der Waals surface area contributed by atoms with Crippen molar-refractivity contribution in [2.75, 3.05) is 13.7 Å². The second-order valence-electron chi connectivity index (χ2n) is 4.91. The lowest BCUT2D eigenvalue weighted by molar-refractivity contribution is 0.0916. The van der Waals surface area contributed by atoms with Crippen LogP contribution in [0.15, 0.2) is 48.5 Å². The number of nitrogens with one attached hydrogen (secondary N) is 1. The van der Waals surface area contributed by atoms with Gasteiger partial charge in [0.1, 0.15) is 5.82 Å². The topological polar surface area (TPSA) is 58.6 Å². The summed E-state index contributed by atoms with van der Waals surface area (Å²) in [6, 6.07) is 12.6. The molecule has 2 rings (SSSR count). The number of halogens is 1. The van der Waals surface area contributed by atoms with Crippen LogP contribution in [-0.4, -0.2) is 24.7 Å². The molecule has 0 aliphatic carbocycles. The third-order valence-corrected chi connectivity index (χ3v) is 3.21. The van der Waals surface area contributed by atoms with Crippen molar-refractivity contribution in [3.05, 3.63) is 71.0 Å². The second-order valence-corrected chi connectivity index (χ2v) is 4.91. The van der Waals surface area contributed by atoms with E-state index in [9.17, 15) is 14.3 Å². The Morgan fingerprint density at radius 3 is 2.68 bits per heavy atom. The van der Waals surface area contributed by atoms with Crippen LogP contribution in [0.2, 0.25) is 0 Å². The first kappa shape index (κ1) is 16.1. The quantitative estimate of drug-likeness (QED) is 0.861. The zero-order valence-corrected chi connectivity index (χ0v) is 12.3. The van der Waals surface area contributed by atoms with Gasteiger partial charge in [-0.25, -0.2) is 4.39 Å². The number of aliphatic hydroxyl groups is 1. The maximum atomic E-state index is 12.8. The van der Waals surface area contributed by atoms with Crippen LogP contribution in [0.3, 0.4) is 0 Å². The maximum Gasteiger partial charge on any atom is 0.251 e. The van der Waals surface area contributed by atoms with Crippen LogP contribution in [0, 0.1) is 5.82 Å². The number of amides is 1. The number of hydrogen-bond acceptors (Lipinski definition) is 3. The molecule has 0 bridgehead atoms. The minimum absolute atomic E-state index is 0.0545. The van der Waals surface area contributed by atoms with E-state index in [1.54, 1.807) is 25.3 Å². The van der Waals surface area contributed by atoms with Gasteiger partial charge in [-0.3, -0.25) is 4.79 Å². The fourth-order valence-corrected chi connectivity index (χ4v) is 2.06. The predicted molar refractivity (Wildman–Crippen MR) is 80.8 cm³/mol. The van der Waals surface area contributed by atoms with Crippen molar-refractivity contribution in [1.29, 1.82) is 0 Å². The molecule has 0 aromatic heterocycles. The van der Waals surface area contributed by atoms with Gasteiger partial charge in [0.15, 0.2) is 0 Å². The van der Waals surface area contributed by atoms with Crippen LogP contribution in [0.1, 0.15) is 27.6 Å². The second kappa shape index (κ2) is 7.68. The minimum Gasteiger partial charge on any atom is -0.387 e. The molecule has 0 heterocycles. The molecule has 0 saturated heterocycles. The van der Waals surface area contributed by atoms with E-state index in [4.69, 9.17) is 4.74 Å². The highest BCUT2D eigenvalue weighted by Gasteiger charge is 2.11. The van der Waals surface area contributed by atoms with Crippen molar-refractivity contribution < 1.29 is 19.0 Å². The molecule has 0 radical (unpaired) electrons. The number of rotatable bonds is 6. The monoisotopic (exact) mass is 303 g/mol. The largest absolute Gasteiger partial charge is 0.387 e. The number of carbonyl (C=O) groups excluding carboxylic acids is 1. The first-order chi connectivity index (χ1) is 10.6. The van der Waals surface area contributed by atoms with Gasteiger partial charge in [-0.05, 0) is 35.4 Å². The molecule has 2 N–H and O–H groups in total. The average Bonchev–Trinajstić information content (AvgIpc) is 2.53. The molecule has 1 unspecified atom stereocenters. The molecule has 22 heavy (non-hydrogen) atoms. The Morgan fingerprint density at radius 2 is 2.00 bits per heavy atom. The SMILES string of the molecule is COCc1cccc(C(=O)NCC(O)c2ccc(F)cc2)c1. The van der Waals surface area contributed by atoms with Crippen molar-refractivity contribution in [1.82, 2.24) is 5.32 Å². The molecule has 4 nitrogen and oxygen atoms in total. The Kier molecular flexibility index (Phi) is 5.63. The van der Waals surface area contributed by atoms with Crippen molar-refractivity contribution in [3.8, 4) is 0 Å². The molecular formula is C17H18FNO3. The van der Waals surface area contributed by atoms with Gasteiger partial charge >= 0.3 is 0 Å². The Morgan fingerprint density at radius 1 is 1.27 bits per heavy atom. The van der Waals surface area contributed by atoms with Crippen LogP contribution in [0.5, 0.6) is 0 Å². The number of aliphatic hydroxyl groups excluding tert-OH is 1. The minimum atomic E-state index is -0.883. The Bertz CT molecular complexity index is 628. The molecule has 0 spiro atoms. The highest BCUT2D eigenvalue weighted by molar-refractivity contribution is 5.94. The smallest absolute Gasteiger partial charge is 0.251 e. The molecular weight excluding hydrogens is 285 g/mol.